The molecule has 1 aliphatic heterocycles. The molecule has 0 atom stereocenters. The molecule has 2 aromatic carbocycles. The zero-order valence-corrected chi connectivity index (χ0v) is 14.3. The molecule has 0 saturated heterocycles. The van der Waals surface area contributed by atoms with Crippen molar-refractivity contribution < 1.29 is 14.3 Å². The van der Waals surface area contributed by atoms with Gasteiger partial charge in [0.15, 0.2) is 0 Å². The molecule has 0 unspecified atom stereocenters. The molecule has 24 heavy (non-hydrogen) atoms. The van der Waals surface area contributed by atoms with Gasteiger partial charge in [-0.3, -0.25) is 0 Å². The van der Waals surface area contributed by atoms with Gasteiger partial charge in [-0.25, -0.2) is 4.79 Å². The van der Waals surface area contributed by atoms with E-state index in [0.29, 0.717) is 11.3 Å². The Morgan fingerprint density at radius 2 is 1.71 bits per heavy atom. The molecular formula is C21H20O3. The fourth-order valence-corrected chi connectivity index (χ4v) is 2.63. The highest BCUT2D eigenvalue weighted by Crippen LogP contribution is 2.29. The van der Waals surface area contributed by atoms with Gasteiger partial charge >= 0.3 is 5.97 Å². The molecule has 122 valence electrons. The van der Waals surface area contributed by atoms with Crippen molar-refractivity contribution in [2.45, 2.75) is 20.8 Å². The lowest BCUT2D eigenvalue weighted by Gasteiger charge is -2.05. The lowest BCUT2D eigenvalue weighted by molar-refractivity contribution is -0.130. The SMILES string of the molecule is COc1cc(C=C2C=C(c3ccc(C)c(C)c3)OC2=O)ccc1C. The van der Waals surface area contributed by atoms with Crippen molar-refractivity contribution in [3.05, 3.63) is 75.9 Å². The zero-order chi connectivity index (χ0) is 17.3. The molecule has 3 nitrogen and oxygen atoms in total. The molecule has 3 heteroatoms. The van der Waals surface area contributed by atoms with Gasteiger partial charge < -0.3 is 9.47 Å². The van der Waals surface area contributed by atoms with Gasteiger partial charge in [-0.1, -0.05) is 24.3 Å². The van der Waals surface area contributed by atoms with E-state index in [-0.39, 0.29) is 5.97 Å². The number of carbonyl (C=O) groups excluding carboxylic acids is 1. The first-order valence-electron chi connectivity index (χ1n) is 7.86. The molecule has 1 aliphatic rings. The molecule has 0 bridgehead atoms. The normalized spacial score (nSPS) is 15.4. The van der Waals surface area contributed by atoms with E-state index in [1.54, 1.807) is 13.2 Å². The molecule has 3 rings (SSSR count). The minimum atomic E-state index is -0.331. The van der Waals surface area contributed by atoms with Crippen LogP contribution in [0.3, 0.4) is 0 Å². The van der Waals surface area contributed by atoms with Crippen LogP contribution in [-0.2, 0) is 9.53 Å². The van der Waals surface area contributed by atoms with E-state index in [0.717, 1.165) is 22.4 Å². The first-order chi connectivity index (χ1) is 11.5. The summed E-state index contributed by atoms with van der Waals surface area (Å²) < 4.78 is 10.8. The third-order valence-electron chi connectivity index (χ3n) is 4.27. The zero-order valence-electron chi connectivity index (χ0n) is 14.3. The van der Waals surface area contributed by atoms with Crippen LogP contribution in [0, 0.1) is 20.8 Å². The molecule has 0 N–H and O–H groups in total. The Morgan fingerprint density at radius 3 is 2.42 bits per heavy atom. The van der Waals surface area contributed by atoms with Gasteiger partial charge in [-0.2, -0.15) is 0 Å². The van der Waals surface area contributed by atoms with Crippen molar-refractivity contribution in [1.29, 1.82) is 0 Å². The second-order valence-corrected chi connectivity index (χ2v) is 6.03. The largest absolute Gasteiger partial charge is 0.496 e. The summed E-state index contributed by atoms with van der Waals surface area (Å²) in [5.74, 6) is 1.06. The van der Waals surface area contributed by atoms with Crippen LogP contribution >= 0.6 is 0 Å². The highest BCUT2D eigenvalue weighted by molar-refractivity contribution is 6.05. The number of aryl methyl sites for hydroxylation is 3. The fourth-order valence-electron chi connectivity index (χ4n) is 2.63. The average molecular weight is 320 g/mol. The number of hydrogen-bond donors (Lipinski definition) is 0. The molecule has 0 amide bonds. The molecule has 0 saturated carbocycles. The number of esters is 1. The Labute approximate surface area is 142 Å². The average Bonchev–Trinajstić information content (AvgIpc) is 2.92. The number of carbonyl (C=O) groups is 1. The van der Waals surface area contributed by atoms with Crippen LogP contribution in [0.4, 0.5) is 0 Å². The van der Waals surface area contributed by atoms with Crippen molar-refractivity contribution in [2.24, 2.45) is 0 Å². The van der Waals surface area contributed by atoms with Crippen LogP contribution in [0.2, 0.25) is 0 Å². The van der Waals surface area contributed by atoms with Crippen LogP contribution in [0.5, 0.6) is 5.75 Å². The summed E-state index contributed by atoms with van der Waals surface area (Å²) in [4.78, 5) is 12.2. The molecule has 2 aromatic rings. The highest BCUT2D eigenvalue weighted by atomic mass is 16.5. The van der Waals surface area contributed by atoms with E-state index in [1.165, 1.54) is 11.1 Å². The van der Waals surface area contributed by atoms with Gasteiger partial charge in [-0.15, -0.1) is 0 Å². The number of benzene rings is 2. The van der Waals surface area contributed by atoms with E-state index in [2.05, 4.69) is 6.92 Å². The first-order valence-corrected chi connectivity index (χ1v) is 7.86. The van der Waals surface area contributed by atoms with E-state index >= 15 is 0 Å². The summed E-state index contributed by atoms with van der Waals surface area (Å²) >= 11 is 0. The number of methoxy groups -OCH3 is 1. The highest BCUT2D eigenvalue weighted by Gasteiger charge is 2.22. The molecule has 0 radical (unpaired) electrons. The van der Waals surface area contributed by atoms with Crippen molar-refractivity contribution in [1.82, 2.24) is 0 Å². The van der Waals surface area contributed by atoms with Crippen LogP contribution in [0.25, 0.3) is 11.8 Å². The molecule has 0 aliphatic carbocycles. The summed E-state index contributed by atoms with van der Waals surface area (Å²) in [5.41, 5.74) is 5.80. The summed E-state index contributed by atoms with van der Waals surface area (Å²) in [6.45, 7) is 6.09. The second kappa shape index (κ2) is 6.36. The summed E-state index contributed by atoms with van der Waals surface area (Å²) in [6.07, 6.45) is 3.61. The monoisotopic (exact) mass is 320 g/mol. The van der Waals surface area contributed by atoms with Crippen LogP contribution in [-0.4, -0.2) is 13.1 Å². The number of cyclic esters (lactones) is 1. The number of rotatable bonds is 3. The maximum absolute atomic E-state index is 12.2. The minimum Gasteiger partial charge on any atom is -0.496 e. The van der Waals surface area contributed by atoms with Gasteiger partial charge in [0.1, 0.15) is 11.5 Å². The van der Waals surface area contributed by atoms with Gasteiger partial charge in [0.05, 0.1) is 12.7 Å². The van der Waals surface area contributed by atoms with Crippen molar-refractivity contribution >= 4 is 17.8 Å². The van der Waals surface area contributed by atoms with E-state index < -0.39 is 0 Å². The van der Waals surface area contributed by atoms with Gasteiger partial charge in [0.2, 0.25) is 0 Å². The molecule has 0 fully saturated rings. The van der Waals surface area contributed by atoms with E-state index in [1.807, 2.05) is 56.3 Å². The minimum absolute atomic E-state index is 0.331. The molecular weight excluding hydrogens is 300 g/mol. The van der Waals surface area contributed by atoms with Crippen LogP contribution in [0.15, 0.2) is 48.0 Å². The number of ether oxygens (including phenoxy) is 2. The standard InChI is InChI=1S/C21H20O3/c1-13-6-8-17(9-15(13)3)20-12-18(21(22)24-20)10-16-7-5-14(2)19(11-16)23-4/h5-12H,1-4H3. The topological polar surface area (TPSA) is 35.5 Å². The van der Waals surface area contributed by atoms with Crippen molar-refractivity contribution in [3.63, 3.8) is 0 Å². The smallest absolute Gasteiger partial charge is 0.343 e. The Bertz CT molecular complexity index is 873. The maximum atomic E-state index is 12.2. The molecule has 0 aromatic heterocycles. The van der Waals surface area contributed by atoms with Crippen molar-refractivity contribution in [2.75, 3.05) is 7.11 Å². The second-order valence-electron chi connectivity index (χ2n) is 6.03. The summed E-state index contributed by atoms with van der Waals surface area (Å²) in [7, 11) is 1.64. The summed E-state index contributed by atoms with van der Waals surface area (Å²) in [5, 5.41) is 0. The fraction of sp³-hybridized carbons (Fsp3) is 0.190. The lowest BCUT2D eigenvalue weighted by Crippen LogP contribution is -1.97. The Hall–Kier alpha value is -2.81. The Morgan fingerprint density at radius 1 is 0.958 bits per heavy atom. The summed E-state index contributed by atoms with van der Waals surface area (Å²) in [6, 6.07) is 11.9. The van der Waals surface area contributed by atoms with Gasteiger partial charge in [0.25, 0.3) is 0 Å². The Balaban J connectivity index is 1.95. The predicted molar refractivity (Wildman–Crippen MR) is 95.7 cm³/mol. The first kappa shape index (κ1) is 16.1. The van der Waals surface area contributed by atoms with Crippen LogP contribution in [0.1, 0.15) is 27.8 Å². The quantitative estimate of drug-likeness (QED) is 0.612. The third kappa shape index (κ3) is 3.11. The number of hydrogen-bond acceptors (Lipinski definition) is 3. The van der Waals surface area contributed by atoms with E-state index in [4.69, 9.17) is 9.47 Å². The lowest BCUT2D eigenvalue weighted by atomic mass is 10.0. The van der Waals surface area contributed by atoms with Crippen LogP contribution < -0.4 is 4.74 Å². The third-order valence-corrected chi connectivity index (χ3v) is 4.27. The van der Waals surface area contributed by atoms with Gasteiger partial charge in [-0.05, 0) is 67.3 Å². The molecule has 1 heterocycles. The van der Waals surface area contributed by atoms with E-state index in [9.17, 15) is 4.79 Å². The molecule has 0 spiro atoms. The maximum Gasteiger partial charge on any atom is 0.343 e. The predicted octanol–water partition coefficient (Wildman–Crippen LogP) is 4.60. The van der Waals surface area contributed by atoms with Crippen molar-refractivity contribution in [3.8, 4) is 5.75 Å². The Kier molecular flexibility index (Phi) is 4.26. The van der Waals surface area contributed by atoms with Gasteiger partial charge in [0, 0.05) is 5.56 Å².